The Hall–Kier alpha value is -1.26. The quantitative estimate of drug-likeness (QED) is 0.690. The fraction of sp³-hybridized carbons (Fsp3) is 0.500. The van der Waals surface area contributed by atoms with Crippen molar-refractivity contribution in [3.05, 3.63) is 23.8 Å². The van der Waals surface area contributed by atoms with Gasteiger partial charge in [0, 0.05) is 19.2 Å². The third-order valence-corrected chi connectivity index (χ3v) is 2.28. The number of rotatable bonds is 6. The minimum Gasteiger partial charge on any atom is -0.497 e. The maximum Gasteiger partial charge on any atom is 0.123 e. The van der Waals surface area contributed by atoms with Crippen LogP contribution in [0.1, 0.15) is 5.56 Å². The minimum atomic E-state index is 0.584. The number of hydrogen-bond acceptors (Lipinski definition) is 4. The van der Waals surface area contributed by atoms with Crippen LogP contribution < -0.4 is 9.47 Å². The highest BCUT2D eigenvalue weighted by molar-refractivity contribution is 5.40. The summed E-state index contributed by atoms with van der Waals surface area (Å²) in [5, 5.41) is 0. The van der Waals surface area contributed by atoms with Gasteiger partial charge < -0.3 is 14.2 Å². The van der Waals surface area contributed by atoms with Crippen molar-refractivity contribution in [2.75, 3.05) is 35.1 Å². The molecule has 0 saturated carbocycles. The van der Waals surface area contributed by atoms with E-state index >= 15 is 0 Å². The van der Waals surface area contributed by atoms with Crippen LogP contribution in [0.2, 0.25) is 0 Å². The summed E-state index contributed by atoms with van der Waals surface area (Å²) in [6.07, 6.45) is 0. The lowest BCUT2D eigenvalue weighted by Gasteiger charge is -2.17. The van der Waals surface area contributed by atoms with Crippen LogP contribution in [0.4, 0.5) is 0 Å². The molecule has 90 valence electrons. The fourth-order valence-electron chi connectivity index (χ4n) is 1.56. The van der Waals surface area contributed by atoms with E-state index in [0.717, 1.165) is 23.6 Å². The first kappa shape index (κ1) is 12.8. The van der Waals surface area contributed by atoms with Crippen LogP contribution in [-0.4, -0.2) is 40.0 Å². The van der Waals surface area contributed by atoms with Crippen molar-refractivity contribution in [1.82, 2.24) is 4.90 Å². The molecule has 0 atom stereocenters. The average molecular weight is 225 g/mol. The minimum absolute atomic E-state index is 0.584. The van der Waals surface area contributed by atoms with Crippen molar-refractivity contribution in [1.29, 1.82) is 0 Å². The second kappa shape index (κ2) is 6.35. The van der Waals surface area contributed by atoms with E-state index in [1.54, 1.807) is 21.3 Å². The Morgan fingerprint density at radius 1 is 1.12 bits per heavy atom. The molecule has 0 N–H and O–H groups in total. The fourth-order valence-corrected chi connectivity index (χ4v) is 1.56. The zero-order chi connectivity index (χ0) is 12.0. The number of methoxy groups -OCH3 is 3. The standard InChI is InChI=1S/C12H19NO3/c1-13(9-14-2)8-10-7-11(15-3)5-6-12(10)16-4/h5-7H,8-9H2,1-4H3. The van der Waals surface area contributed by atoms with Crippen molar-refractivity contribution < 1.29 is 14.2 Å². The van der Waals surface area contributed by atoms with Gasteiger partial charge in [-0.3, -0.25) is 4.90 Å². The summed E-state index contributed by atoms with van der Waals surface area (Å²) in [6, 6.07) is 5.78. The Morgan fingerprint density at radius 2 is 1.88 bits per heavy atom. The van der Waals surface area contributed by atoms with Crippen molar-refractivity contribution >= 4 is 0 Å². The second-order valence-electron chi connectivity index (χ2n) is 3.61. The van der Waals surface area contributed by atoms with Gasteiger partial charge in [-0.05, 0) is 25.2 Å². The van der Waals surface area contributed by atoms with Crippen LogP contribution in [0.5, 0.6) is 11.5 Å². The van der Waals surface area contributed by atoms with Crippen LogP contribution >= 0.6 is 0 Å². The van der Waals surface area contributed by atoms with Gasteiger partial charge in [0.25, 0.3) is 0 Å². The average Bonchev–Trinajstić information content (AvgIpc) is 2.29. The van der Waals surface area contributed by atoms with E-state index in [1.165, 1.54) is 0 Å². The van der Waals surface area contributed by atoms with Gasteiger partial charge in [-0.2, -0.15) is 0 Å². The lowest BCUT2D eigenvalue weighted by atomic mass is 10.2. The topological polar surface area (TPSA) is 30.9 Å². The molecule has 0 saturated heterocycles. The Bertz CT molecular complexity index is 328. The Morgan fingerprint density at radius 3 is 2.44 bits per heavy atom. The Labute approximate surface area is 96.7 Å². The molecule has 0 aromatic heterocycles. The van der Waals surface area contributed by atoms with Gasteiger partial charge in [-0.25, -0.2) is 0 Å². The van der Waals surface area contributed by atoms with Gasteiger partial charge >= 0.3 is 0 Å². The molecule has 16 heavy (non-hydrogen) atoms. The molecule has 0 aliphatic heterocycles. The van der Waals surface area contributed by atoms with Gasteiger partial charge in [-0.1, -0.05) is 0 Å². The molecular weight excluding hydrogens is 206 g/mol. The molecule has 0 radical (unpaired) electrons. The Kier molecular flexibility index (Phi) is 5.08. The summed E-state index contributed by atoms with van der Waals surface area (Å²) in [6.45, 7) is 1.34. The molecule has 0 aliphatic rings. The van der Waals surface area contributed by atoms with Crippen LogP contribution in [-0.2, 0) is 11.3 Å². The number of nitrogens with zero attached hydrogens (tertiary/aromatic N) is 1. The zero-order valence-corrected chi connectivity index (χ0v) is 10.3. The molecule has 0 aliphatic carbocycles. The van der Waals surface area contributed by atoms with Gasteiger partial charge in [0.1, 0.15) is 11.5 Å². The van der Waals surface area contributed by atoms with E-state index in [4.69, 9.17) is 14.2 Å². The summed E-state index contributed by atoms with van der Waals surface area (Å²) < 4.78 is 15.6. The Balaban J connectivity index is 2.82. The molecular formula is C12H19NO3. The third kappa shape index (κ3) is 3.40. The van der Waals surface area contributed by atoms with Crippen molar-refractivity contribution in [2.45, 2.75) is 6.54 Å². The maximum atomic E-state index is 5.30. The number of benzene rings is 1. The van der Waals surface area contributed by atoms with Gasteiger partial charge in [-0.15, -0.1) is 0 Å². The van der Waals surface area contributed by atoms with Crippen molar-refractivity contribution in [2.24, 2.45) is 0 Å². The molecule has 0 bridgehead atoms. The molecule has 4 heteroatoms. The van der Waals surface area contributed by atoms with Crippen LogP contribution in [0.3, 0.4) is 0 Å². The van der Waals surface area contributed by atoms with Gasteiger partial charge in [0.15, 0.2) is 0 Å². The maximum absolute atomic E-state index is 5.30. The van der Waals surface area contributed by atoms with E-state index in [0.29, 0.717) is 6.73 Å². The SMILES string of the molecule is COCN(C)Cc1cc(OC)ccc1OC. The van der Waals surface area contributed by atoms with E-state index in [1.807, 2.05) is 25.2 Å². The molecule has 0 heterocycles. The molecule has 1 rings (SSSR count). The molecule has 0 unspecified atom stereocenters. The molecule has 0 spiro atoms. The predicted octanol–water partition coefficient (Wildman–Crippen LogP) is 1.74. The van der Waals surface area contributed by atoms with Crippen molar-refractivity contribution in [3.63, 3.8) is 0 Å². The molecule has 1 aromatic carbocycles. The summed E-state index contributed by atoms with van der Waals surface area (Å²) >= 11 is 0. The molecule has 1 aromatic rings. The summed E-state index contributed by atoms with van der Waals surface area (Å²) in [4.78, 5) is 2.05. The lowest BCUT2D eigenvalue weighted by Crippen LogP contribution is -2.20. The number of ether oxygens (including phenoxy) is 3. The van der Waals surface area contributed by atoms with E-state index in [9.17, 15) is 0 Å². The summed E-state index contributed by atoms with van der Waals surface area (Å²) in [5.74, 6) is 1.70. The highest BCUT2D eigenvalue weighted by Crippen LogP contribution is 2.24. The van der Waals surface area contributed by atoms with E-state index < -0.39 is 0 Å². The zero-order valence-electron chi connectivity index (χ0n) is 10.3. The van der Waals surface area contributed by atoms with E-state index in [2.05, 4.69) is 4.90 Å². The number of hydrogen-bond donors (Lipinski definition) is 0. The predicted molar refractivity (Wildman–Crippen MR) is 62.9 cm³/mol. The molecule has 0 amide bonds. The van der Waals surface area contributed by atoms with E-state index in [-0.39, 0.29) is 0 Å². The summed E-state index contributed by atoms with van der Waals surface area (Å²) in [7, 11) is 6.99. The van der Waals surface area contributed by atoms with Crippen molar-refractivity contribution in [3.8, 4) is 11.5 Å². The highest BCUT2D eigenvalue weighted by Gasteiger charge is 2.07. The monoisotopic (exact) mass is 225 g/mol. The third-order valence-electron chi connectivity index (χ3n) is 2.28. The lowest BCUT2D eigenvalue weighted by molar-refractivity contribution is 0.0766. The largest absolute Gasteiger partial charge is 0.497 e. The molecule has 0 fully saturated rings. The van der Waals surface area contributed by atoms with Crippen LogP contribution in [0.25, 0.3) is 0 Å². The van der Waals surface area contributed by atoms with Crippen LogP contribution in [0, 0.1) is 0 Å². The van der Waals surface area contributed by atoms with Gasteiger partial charge in [0.2, 0.25) is 0 Å². The first-order valence-corrected chi connectivity index (χ1v) is 5.09. The van der Waals surface area contributed by atoms with Gasteiger partial charge in [0.05, 0.1) is 21.0 Å². The highest BCUT2D eigenvalue weighted by atomic mass is 16.5. The smallest absolute Gasteiger partial charge is 0.123 e. The van der Waals surface area contributed by atoms with Crippen LogP contribution in [0.15, 0.2) is 18.2 Å². The normalized spacial score (nSPS) is 10.6. The summed E-state index contributed by atoms with van der Waals surface area (Å²) in [5.41, 5.74) is 1.08. The molecule has 4 nitrogen and oxygen atoms in total. The first-order chi connectivity index (χ1) is 7.71. The first-order valence-electron chi connectivity index (χ1n) is 5.09. The second-order valence-corrected chi connectivity index (χ2v) is 3.61.